The number of carbonyl (C=O) groups is 1. The molecule has 1 rings (SSSR count). The zero-order valence-electron chi connectivity index (χ0n) is 12.5. The third-order valence-corrected chi connectivity index (χ3v) is 3.64. The topological polar surface area (TPSA) is 53.2 Å². The summed E-state index contributed by atoms with van der Waals surface area (Å²) >= 11 is 1.64. The Kier molecular flexibility index (Phi) is 8.34. The Labute approximate surface area is 126 Å². The van der Waals surface area contributed by atoms with Crippen molar-refractivity contribution in [1.82, 2.24) is 15.4 Å². The number of benzene rings is 1. The van der Waals surface area contributed by atoms with Crippen LogP contribution in [0, 0.1) is 0 Å². The minimum atomic E-state index is 0.531. The number of amides is 1. The van der Waals surface area contributed by atoms with Gasteiger partial charge in [-0.1, -0.05) is 19.9 Å². The first-order chi connectivity index (χ1) is 9.67. The van der Waals surface area contributed by atoms with Crippen LogP contribution in [0.15, 0.2) is 23.1 Å². The first kappa shape index (κ1) is 17.0. The molecule has 3 N–H and O–H groups in total. The lowest BCUT2D eigenvalue weighted by Gasteiger charge is -2.12. The van der Waals surface area contributed by atoms with E-state index < -0.39 is 0 Å². The molecule has 0 spiro atoms. The minimum Gasteiger partial charge on any atom is -0.359 e. The predicted molar refractivity (Wildman–Crippen MR) is 85.8 cm³/mol. The lowest BCUT2D eigenvalue weighted by atomic mass is 10.0. The fourth-order valence-corrected chi connectivity index (χ4v) is 2.55. The number of rotatable bonds is 10. The summed E-state index contributed by atoms with van der Waals surface area (Å²) in [6.07, 6.45) is 1.69. The maximum Gasteiger partial charge on any atom is 0.207 e. The van der Waals surface area contributed by atoms with Crippen LogP contribution < -0.4 is 15.4 Å². The second-order valence-corrected chi connectivity index (χ2v) is 6.06. The molecule has 0 saturated heterocycles. The fraction of sp³-hybridized carbons (Fsp3) is 0.533. The van der Waals surface area contributed by atoms with Crippen molar-refractivity contribution in [3.05, 3.63) is 29.3 Å². The van der Waals surface area contributed by atoms with Gasteiger partial charge in [0.05, 0.1) is 0 Å². The molecular weight excluding hydrogens is 270 g/mol. The van der Waals surface area contributed by atoms with E-state index in [4.69, 9.17) is 0 Å². The Morgan fingerprint density at radius 2 is 2.05 bits per heavy atom. The number of hydrogen-bond acceptors (Lipinski definition) is 4. The molecule has 0 saturated carbocycles. The zero-order chi connectivity index (χ0) is 14.8. The molecule has 0 aliphatic carbocycles. The van der Waals surface area contributed by atoms with Crippen molar-refractivity contribution >= 4 is 18.4 Å². The van der Waals surface area contributed by atoms with Crippen molar-refractivity contribution in [2.75, 3.05) is 20.1 Å². The van der Waals surface area contributed by atoms with Crippen LogP contribution in [-0.2, 0) is 11.3 Å². The van der Waals surface area contributed by atoms with E-state index in [0.29, 0.717) is 5.92 Å². The maximum atomic E-state index is 10.1. The normalized spacial score (nSPS) is 10.8. The Morgan fingerprint density at radius 3 is 2.70 bits per heavy atom. The first-order valence-electron chi connectivity index (χ1n) is 7.02. The highest BCUT2D eigenvalue weighted by atomic mass is 32.2. The van der Waals surface area contributed by atoms with Gasteiger partial charge >= 0.3 is 0 Å². The molecule has 112 valence electrons. The molecule has 4 nitrogen and oxygen atoms in total. The predicted octanol–water partition coefficient (Wildman–Crippen LogP) is 2.26. The first-order valence-corrected chi connectivity index (χ1v) is 7.84. The van der Waals surface area contributed by atoms with Gasteiger partial charge in [-0.2, -0.15) is 0 Å². The summed E-state index contributed by atoms with van der Waals surface area (Å²) in [5.41, 5.74) is 2.67. The maximum absolute atomic E-state index is 10.1. The van der Waals surface area contributed by atoms with Crippen LogP contribution in [-0.4, -0.2) is 26.5 Å². The van der Waals surface area contributed by atoms with Crippen LogP contribution in [0.2, 0.25) is 0 Å². The average Bonchev–Trinajstić information content (AvgIpc) is 2.43. The second kappa shape index (κ2) is 9.80. The van der Waals surface area contributed by atoms with Gasteiger partial charge in [-0.15, -0.1) is 0 Å². The molecule has 1 aromatic carbocycles. The highest BCUT2D eigenvalue weighted by molar-refractivity contribution is 7.97. The summed E-state index contributed by atoms with van der Waals surface area (Å²) in [7, 11) is 1.94. The third-order valence-electron chi connectivity index (χ3n) is 2.96. The molecule has 5 heteroatoms. The van der Waals surface area contributed by atoms with Gasteiger partial charge in [0.2, 0.25) is 6.41 Å². The molecule has 0 bridgehead atoms. The average molecular weight is 295 g/mol. The van der Waals surface area contributed by atoms with E-state index in [1.165, 1.54) is 16.0 Å². The monoisotopic (exact) mass is 295 g/mol. The quantitative estimate of drug-likeness (QED) is 0.352. The summed E-state index contributed by atoms with van der Waals surface area (Å²) in [5, 5.41) is 6.08. The molecule has 0 atom stereocenters. The van der Waals surface area contributed by atoms with Gasteiger partial charge < -0.3 is 10.6 Å². The molecule has 0 aliphatic heterocycles. The Balaban J connectivity index is 2.52. The molecule has 1 aromatic rings. The number of carbonyl (C=O) groups excluding carboxylic acids is 1. The Hall–Kier alpha value is -1.04. The molecular formula is C15H25N3OS. The molecule has 0 aliphatic rings. The van der Waals surface area contributed by atoms with Gasteiger partial charge in [0.1, 0.15) is 0 Å². The lowest BCUT2D eigenvalue weighted by molar-refractivity contribution is -0.109. The van der Waals surface area contributed by atoms with Gasteiger partial charge in [0.15, 0.2) is 0 Å². The van der Waals surface area contributed by atoms with Gasteiger partial charge in [0.25, 0.3) is 0 Å². The van der Waals surface area contributed by atoms with E-state index in [-0.39, 0.29) is 0 Å². The highest BCUT2D eigenvalue weighted by Gasteiger charge is 2.05. The smallest absolute Gasteiger partial charge is 0.207 e. The van der Waals surface area contributed by atoms with Crippen LogP contribution in [0.4, 0.5) is 0 Å². The van der Waals surface area contributed by atoms with E-state index >= 15 is 0 Å². The van der Waals surface area contributed by atoms with Crippen LogP contribution in [0.3, 0.4) is 0 Å². The van der Waals surface area contributed by atoms with Crippen molar-refractivity contribution in [1.29, 1.82) is 0 Å². The number of nitrogens with one attached hydrogen (secondary N) is 3. The molecule has 1 amide bonds. The highest BCUT2D eigenvalue weighted by Crippen LogP contribution is 2.23. The van der Waals surface area contributed by atoms with E-state index in [2.05, 4.69) is 47.4 Å². The summed E-state index contributed by atoms with van der Waals surface area (Å²) in [4.78, 5) is 11.4. The van der Waals surface area contributed by atoms with Gasteiger partial charge in [0, 0.05) is 18.0 Å². The summed E-state index contributed by atoms with van der Waals surface area (Å²) in [5.74, 6) is 0.531. The van der Waals surface area contributed by atoms with Crippen LogP contribution in [0.1, 0.15) is 37.3 Å². The van der Waals surface area contributed by atoms with Gasteiger partial charge in [-0.25, -0.2) is 0 Å². The largest absolute Gasteiger partial charge is 0.359 e. The minimum absolute atomic E-state index is 0.531. The molecule has 0 aromatic heterocycles. The van der Waals surface area contributed by atoms with E-state index in [9.17, 15) is 4.79 Å². The fourth-order valence-electron chi connectivity index (χ4n) is 1.91. The molecule has 0 heterocycles. The summed E-state index contributed by atoms with van der Waals surface area (Å²) < 4.78 is 3.12. The summed E-state index contributed by atoms with van der Waals surface area (Å²) in [6, 6.07) is 6.72. The molecule has 0 fully saturated rings. The Bertz CT molecular complexity index is 410. The second-order valence-electron chi connectivity index (χ2n) is 4.97. The zero-order valence-corrected chi connectivity index (χ0v) is 13.3. The van der Waals surface area contributed by atoms with Crippen molar-refractivity contribution in [2.45, 2.75) is 37.6 Å². The van der Waals surface area contributed by atoms with Gasteiger partial charge in [-0.05, 0) is 61.1 Å². The lowest BCUT2D eigenvalue weighted by Crippen LogP contribution is -2.20. The molecule has 0 radical (unpaired) electrons. The van der Waals surface area contributed by atoms with Crippen molar-refractivity contribution in [2.24, 2.45) is 0 Å². The molecule has 0 unspecified atom stereocenters. The summed E-state index contributed by atoms with van der Waals surface area (Å²) in [6.45, 7) is 6.92. The molecule has 20 heavy (non-hydrogen) atoms. The van der Waals surface area contributed by atoms with E-state index in [0.717, 1.165) is 32.5 Å². The SMILES string of the molecule is CNSc1cc(CNCCCNC=O)cc(C(C)C)c1. The van der Waals surface area contributed by atoms with Crippen LogP contribution >= 0.6 is 11.9 Å². The van der Waals surface area contributed by atoms with Crippen LogP contribution in [0.25, 0.3) is 0 Å². The Morgan fingerprint density at radius 1 is 1.25 bits per heavy atom. The van der Waals surface area contributed by atoms with Crippen molar-refractivity contribution in [3.63, 3.8) is 0 Å². The van der Waals surface area contributed by atoms with Crippen molar-refractivity contribution < 1.29 is 4.79 Å². The standard InChI is InChI=1S/C15H25N3OS/c1-12(2)14-7-13(8-15(9-14)20-16-3)10-17-5-4-6-18-11-19/h7-9,11-12,16-17H,4-6,10H2,1-3H3,(H,18,19). The number of hydrogen-bond donors (Lipinski definition) is 3. The van der Waals surface area contributed by atoms with E-state index in [1.54, 1.807) is 11.9 Å². The third kappa shape index (κ3) is 6.41. The van der Waals surface area contributed by atoms with Gasteiger partial charge in [-0.3, -0.25) is 9.52 Å². The van der Waals surface area contributed by atoms with E-state index in [1.807, 2.05) is 7.05 Å². The van der Waals surface area contributed by atoms with Crippen molar-refractivity contribution in [3.8, 4) is 0 Å². The van der Waals surface area contributed by atoms with Crippen LogP contribution in [0.5, 0.6) is 0 Å².